The summed E-state index contributed by atoms with van der Waals surface area (Å²) in [5.74, 6) is -1.22. The number of esters is 4. The minimum atomic E-state index is -4.97. The van der Waals surface area contributed by atoms with Crippen molar-refractivity contribution < 1.29 is 80.2 Å². The molecule has 0 rings (SSSR count). The van der Waals surface area contributed by atoms with E-state index in [2.05, 4.69) is 34.6 Å². The van der Waals surface area contributed by atoms with Crippen molar-refractivity contribution >= 4 is 39.5 Å². The van der Waals surface area contributed by atoms with E-state index in [1.54, 1.807) is 0 Å². The van der Waals surface area contributed by atoms with Crippen molar-refractivity contribution in [1.82, 2.24) is 0 Å². The number of aliphatic hydroxyl groups excluding tert-OH is 1. The van der Waals surface area contributed by atoms with Crippen molar-refractivity contribution in [2.75, 3.05) is 39.6 Å². The van der Waals surface area contributed by atoms with Gasteiger partial charge >= 0.3 is 39.5 Å². The van der Waals surface area contributed by atoms with E-state index in [9.17, 15) is 43.2 Å². The molecule has 6 atom stereocenters. The minimum Gasteiger partial charge on any atom is -0.462 e. The molecule has 0 bridgehead atoms. The van der Waals surface area contributed by atoms with Crippen molar-refractivity contribution in [3.8, 4) is 0 Å². The molecule has 0 saturated heterocycles. The van der Waals surface area contributed by atoms with Gasteiger partial charge in [0.05, 0.1) is 26.4 Å². The van der Waals surface area contributed by atoms with E-state index in [1.807, 2.05) is 0 Å². The number of hydrogen-bond donors (Lipinski definition) is 3. The first-order valence-corrected chi connectivity index (χ1v) is 49.2. The normalized spacial score (nSPS) is 14.0. The van der Waals surface area contributed by atoms with Gasteiger partial charge < -0.3 is 33.8 Å². The van der Waals surface area contributed by atoms with Crippen molar-refractivity contribution in [3.05, 3.63) is 0 Å². The number of phosphoric acid groups is 2. The van der Waals surface area contributed by atoms with Gasteiger partial charge in [0.2, 0.25) is 0 Å². The second-order valence-corrected chi connectivity index (χ2v) is 35.1. The van der Waals surface area contributed by atoms with Gasteiger partial charge in [-0.05, 0) is 31.6 Å². The zero-order chi connectivity index (χ0) is 79.0. The molecule has 108 heavy (non-hydrogen) atoms. The number of carbonyl (C=O) groups excluding carboxylic acids is 4. The van der Waals surface area contributed by atoms with Crippen LogP contribution < -0.4 is 0 Å². The Bertz CT molecular complexity index is 2050. The maximum absolute atomic E-state index is 13.2. The van der Waals surface area contributed by atoms with Gasteiger partial charge in [-0.15, -0.1) is 0 Å². The fourth-order valence-corrected chi connectivity index (χ4v) is 15.5. The summed E-state index contributed by atoms with van der Waals surface area (Å²) in [6.45, 7) is 7.46. The monoisotopic (exact) mass is 1580 g/mol. The van der Waals surface area contributed by atoms with Gasteiger partial charge in [-0.1, -0.05) is 433 Å². The lowest BCUT2D eigenvalue weighted by atomic mass is 9.99. The summed E-state index contributed by atoms with van der Waals surface area (Å²) >= 11 is 0. The molecule has 17 nitrogen and oxygen atoms in total. The van der Waals surface area contributed by atoms with E-state index >= 15 is 0 Å². The van der Waals surface area contributed by atoms with E-state index in [-0.39, 0.29) is 25.7 Å². The van der Waals surface area contributed by atoms with Gasteiger partial charge in [0.15, 0.2) is 12.2 Å². The predicted molar refractivity (Wildman–Crippen MR) is 446 cm³/mol. The Kier molecular flexibility index (Phi) is 80.2. The van der Waals surface area contributed by atoms with Crippen LogP contribution in [-0.2, 0) is 65.4 Å². The summed E-state index contributed by atoms with van der Waals surface area (Å²) in [6.07, 6.45) is 76.2. The largest absolute Gasteiger partial charge is 0.472 e. The molecular weight excluding hydrogens is 1400 g/mol. The zero-order valence-electron chi connectivity index (χ0n) is 71.0. The number of ether oxygens (including phenoxy) is 4. The topological polar surface area (TPSA) is 237 Å². The molecule has 0 aromatic rings. The summed E-state index contributed by atoms with van der Waals surface area (Å²) in [6, 6.07) is 0. The lowest BCUT2D eigenvalue weighted by Gasteiger charge is -2.21. The molecule has 642 valence electrons. The molecule has 0 aliphatic heterocycles. The van der Waals surface area contributed by atoms with Crippen LogP contribution in [0, 0.1) is 5.92 Å². The number of aliphatic hydroxyl groups is 1. The Morgan fingerprint density at radius 2 is 0.444 bits per heavy atom. The molecule has 0 spiro atoms. The number of unbranched alkanes of at least 4 members (excludes halogenated alkanes) is 60. The third kappa shape index (κ3) is 80.7. The number of carbonyl (C=O) groups is 4. The van der Waals surface area contributed by atoms with Gasteiger partial charge in [0.25, 0.3) is 0 Å². The quantitative estimate of drug-likeness (QED) is 0.0222. The summed E-state index contributed by atoms with van der Waals surface area (Å²) < 4.78 is 69.0. The molecule has 0 saturated carbocycles. The van der Waals surface area contributed by atoms with E-state index < -0.39 is 97.5 Å². The van der Waals surface area contributed by atoms with Crippen LogP contribution in [0.4, 0.5) is 0 Å². The SMILES string of the molecule is CCCCCCCCCCCCCCCCCCCC(=O)OC[C@H](COP(=O)(O)OC[C@@H](O)COP(=O)(O)OC[C@@H](COC(=O)CCCCCCCCCCCCCC)OC(=O)CCCCCCCCCCCCCCCCCCC)OC(=O)CCCCCCCCCCCCCCCCCCCCC(C)CC. The summed E-state index contributed by atoms with van der Waals surface area (Å²) in [5.41, 5.74) is 0. The first kappa shape index (κ1) is 106. The Labute approximate surface area is 664 Å². The molecule has 0 heterocycles. The average Bonchev–Trinajstić information content (AvgIpc) is 0.904. The van der Waals surface area contributed by atoms with E-state index in [0.29, 0.717) is 25.7 Å². The second-order valence-electron chi connectivity index (χ2n) is 32.2. The van der Waals surface area contributed by atoms with Crippen LogP contribution in [0.5, 0.6) is 0 Å². The Morgan fingerprint density at radius 1 is 0.259 bits per heavy atom. The molecule has 3 unspecified atom stereocenters. The van der Waals surface area contributed by atoms with Gasteiger partial charge in [0.1, 0.15) is 19.3 Å². The number of phosphoric ester groups is 2. The van der Waals surface area contributed by atoms with Crippen LogP contribution in [-0.4, -0.2) is 96.7 Å². The van der Waals surface area contributed by atoms with Crippen LogP contribution in [0.2, 0.25) is 0 Å². The van der Waals surface area contributed by atoms with Crippen molar-refractivity contribution in [1.29, 1.82) is 0 Å². The highest BCUT2D eigenvalue weighted by Gasteiger charge is 2.31. The van der Waals surface area contributed by atoms with Crippen LogP contribution in [0.15, 0.2) is 0 Å². The smallest absolute Gasteiger partial charge is 0.462 e. The van der Waals surface area contributed by atoms with Crippen LogP contribution >= 0.6 is 15.6 Å². The third-order valence-electron chi connectivity index (χ3n) is 21.4. The molecular formula is C89H174O17P2. The van der Waals surface area contributed by atoms with Gasteiger partial charge in [-0.2, -0.15) is 0 Å². The number of hydrogen-bond acceptors (Lipinski definition) is 15. The van der Waals surface area contributed by atoms with E-state index in [4.69, 9.17) is 37.0 Å². The minimum absolute atomic E-state index is 0.109. The van der Waals surface area contributed by atoms with Crippen molar-refractivity contribution in [3.63, 3.8) is 0 Å². The molecule has 0 aromatic heterocycles. The molecule has 0 radical (unpaired) electrons. The predicted octanol–water partition coefficient (Wildman–Crippen LogP) is 27.5. The highest BCUT2D eigenvalue weighted by molar-refractivity contribution is 7.47. The molecule has 0 amide bonds. The van der Waals surface area contributed by atoms with Gasteiger partial charge in [-0.25, -0.2) is 9.13 Å². The van der Waals surface area contributed by atoms with Crippen molar-refractivity contribution in [2.24, 2.45) is 5.92 Å². The Morgan fingerprint density at radius 3 is 0.657 bits per heavy atom. The van der Waals surface area contributed by atoms with Gasteiger partial charge in [-0.3, -0.25) is 37.3 Å². The van der Waals surface area contributed by atoms with Crippen molar-refractivity contribution in [2.45, 2.75) is 502 Å². The van der Waals surface area contributed by atoms with Crippen LogP contribution in [0.25, 0.3) is 0 Å². The second kappa shape index (κ2) is 81.6. The van der Waals surface area contributed by atoms with Gasteiger partial charge in [0, 0.05) is 25.7 Å². The first-order chi connectivity index (χ1) is 52.6. The standard InChI is InChI=1S/C89H174O17P2/c1-6-10-13-16-19-22-25-28-30-34-39-43-48-53-58-63-68-73-87(92)100-79-85(106-89(94)75-70-65-60-55-50-45-41-37-33-32-36-38-42-46-51-56-61-66-71-82(5)9-4)81-104-108(97,98)102-77-83(90)76-101-107(95,96)103-80-84(78-99-86(91)72-67-62-57-52-47-27-24-21-18-15-12-8-3)105-88(93)74-69-64-59-54-49-44-40-35-31-29-26-23-20-17-14-11-7-2/h82-85,90H,6-81H2,1-5H3,(H,95,96)(H,97,98)/t82?,83-,84+,85+/m0/s1. The molecule has 3 N–H and O–H groups in total. The highest BCUT2D eigenvalue weighted by atomic mass is 31.2. The summed E-state index contributed by atoms with van der Waals surface area (Å²) in [7, 11) is -9.93. The average molecular weight is 1580 g/mol. The summed E-state index contributed by atoms with van der Waals surface area (Å²) in [4.78, 5) is 73.4. The lowest BCUT2D eigenvalue weighted by molar-refractivity contribution is -0.161. The zero-order valence-corrected chi connectivity index (χ0v) is 72.8. The molecule has 19 heteroatoms. The number of rotatable bonds is 89. The molecule has 0 fully saturated rings. The van der Waals surface area contributed by atoms with Crippen LogP contribution in [0.1, 0.15) is 484 Å². The highest BCUT2D eigenvalue weighted by Crippen LogP contribution is 2.45. The maximum atomic E-state index is 13.2. The lowest BCUT2D eigenvalue weighted by Crippen LogP contribution is -2.30. The molecule has 0 aromatic carbocycles. The third-order valence-corrected chi connectivity index (χ3v) is 23.3. The Balaban J connectivity index is 5.24. The summed E-state index contributed by atoms with van der Waals surface area (Å²) in [5, 5.41) is 10.7. The Hall–Kier alpha value is -1.94. The molecule has 0 aliphatic rings. The maximum Gasteiger partial charge on any atom is 0.472 e. The van der Waals surface area contributed by atoms with Crippen LogP contribution in [0.3, 0.4) is 0 Å². The molecule has 0 aliphatic carbocycles. The fraction of sp³-hybridized carbons (Fsp3) is 0.955. The first-order valence-electron chi connectivity index (χ1n) is 46.2. The van der Waals surface area contributed by atoms with E-state index in [1.165, 1.54) is 308 Å². The van der Waals surface area contributed by atoms with E-state index in [0.717, 1.165) is 95.8 Å². The fourth-order valence-electron chi connectivity index (χ4n) is 14.0.